The van der Waals surface area contributed by atoms with Crippen LogP contribution in [0.15, 0.2) is 72.8 Å². The number of methoxy groups -OCH3 is 1. The molecule has 46 heavy (non-hydrogen) atoms. The minimum absolute atomic E-state index is 0.00624. The number of nitrogens with zero attached hydrogens (tertiary/aromatic N) is 3. The van der Waals surface area contributed by atoms with Crippen LogP contribution in [0.5, 0.6) is 0 Å². The summed E-state index contributed by atoms with van der Waals surface area (Å²) in [5.41, 5.74) is 4.44. The number of carbonyl (C=O) groups excluding carboxylic acids is 2. The number of aryl methyl sites for hydroxylation is 1. The van der Waals surface area contributed by atoms with Crippen LogP contribution in [0.2, 0.25) is 5.02 Å². The third-order valence-corrected chi connectivity index (χ3v) is 8.62. The second kappa shape index (κ2) is 15.1. The summed E-state index contributed by atoms with van der Waals surface area (Å²) >= 11 is 6.56. The number of benzene rings is 3. The minimum atomic E-state index is -0.645. The molecule has 1 saturated heterocycles. The van der Waals surface area contributed by atoms with Crippen LogP contribution >= 0.6 is 11.6 Å². The Hall–Kier alpha value is -3.88. The summed E-state index contributed by atoms with van der Waals surface area (Å²) in [5, 5.41) is 3.62. The summed E-state index contributed by atoms with van der Waals surface area (Å²) in [7, 11) is 1.71. The number of hydrogen-bond donors (Lipinski definition) is 1. The molecule has 4 aromatic rings. The van der Waals surface area contributed by atoms with E-state index in [0.29, 0.717) is 31.1 Å². The molecule has 0 bridgehead atoms. The van der Waals surface area contributed by atoms with Crippen molar-refractivity contribution in [2.45, 2.75) is 77.0 Å². The standard InChI is InChI=1S/C37H45ClN4O4/c1-37(2,3)46-36(44)39-30(23-26-16-18-28(19-17-26)27-11-6-5-7-12-27)24-33(43)41-20-9-13-29(25-41)35-40-34-31(38)14-8-15-32(34)42(35)21-10-22-45-4/h5-8,11-12,14-19,29-30H,9-10,13,20-25H2,1-4H3,(H,39,44). The second-order valence-corrected chi connectivity index (χ2v) is 13.5. The molecule has 0 saturated carbocycles. The van der Waals surface area contributed by atoms with Gasteiger partial charge in [-0.05, 0) is 75.3 Å². The Bertz CT molecular complexity index is 1610. The zero-order valence-corrected chi connectivity index (χ0v) is 28.1. The molecule has 8 nitrogen and oxygen atoms in total. The average Bonchev–Trinajstić information content (AvgIpc) is 3.41. The van der Waals surface area contributed by atoms with Crippen LogP contribution in [-0.2, 0) is 27.2 Å². The lowest BCUT2D eigenvalue weighted by Gasteiger charge is -2.34. The molecule has 1 N–H and O–H groups in total. The fourth-order valence-electron chi connectivity index (χ4n) is 6.20. The molecule has 2 unspecified atom stereocenters. The maximum absolute atomic E-state index is 13.9. The van der Waals surface area contributed by atoms with Gasteiger partial charge < -0.3 is 24.3 Å². The summed E-state index contributed by atoms with van der Waals surface area (Å²) in [6.07, 6.45) is 2.80. The Balaban J connectivity index is 1.32. The van der Waals surface area contributed by atoms with Crippen LogP contribution in [-0.4, -0.2) is 64.9 Å². The topological polar surface area (TPSA) is 85.7 Å². The fourth-order valence-corrected chi connectivity index (χ4v) is 6.41. The first kappa shape index (κ1) is 33.5. The Labute approximate surface area is 277 Å². The number of nitrogens with one attached hydrogen (secondary N) is 1. The van der Waals surface area contributed by atoms with E-state index in [2.05, 4.69) is 52.3 Å². The summed E-state index contributed by atoms with van der Waals surface area (Å²) in [6, 6.07) is 23.9. The van der Waals surface area contributed by atoms with Crippen LogP contribution < -0.4 is 5.32 Å². The van der Waals surface area contributed by atoms with Gasteiger partial charge in [-0.25, -0.2) is 9.78 Å². The number of likely N-dealkylation sites (tertiary alicyclic amines) is 1. The second-order valence-electron chi connectivity index (χ2n) is 13.1. The van der Waals surface area contributed by atoms with E-state index in [0.717, 1.165) is 59.4 Å². The zero-order chi connectivity index (χ0) is 32.7. The highest BCUT2D eigenvalue weighted by Gasteiger charge is 2.31. The summed E-state index contributed by atoms with van der Waals surface area (Å²) in [5.74, 6) is 1.04. The van der Waals surface area contributed by atoms with Gasteiger partial charge in [0.15, 0.2) is 0 Å². The molecule has 0 spiro atoms. The van der Waals surface area contributed by atoms with Crippen LogP contribution in [0.25, 0.3) is 22.2 Å². The van der Waals surface area contributed by atoms with Gasteiger partial charge in [-0.15, -0.1) is 0 Å². The number of ether oxygens (including phenoxy) is 2. The van der Waals surface area contributed by atoms with E-state index in [4.69, 9.17) is 26.1 Å². The molecule has 3 aromatic carbocycles. The van der Waals surface area contributed by atoms with Crippen molar-refractivity contribution < 1.29 is 19.1 Å². The van der Waals surface area contributed by atoms with Crippen molar-refractivity contribution in [3.05, 3.63) is 89.2 Å². The van der Waals surface area contributed by atoms with E-state index in [1.54, 1.807) is 7.11 Å². The lowest BCUT2D eigenvalue weighted by Crippen LogP contribution is -2.46. The van der Waals surface area contributed by atoms with Crippen LogP contribution in [0, 0.1) is 0 Å². The van der Waals surface area contributed by atoms with E-state index >= 15 is 0 Å². The van der Waals surface area contributed by atoms with Gasteiger partial charge in [-0.2, -0.15) is 0 Å². The van der Waals surface area contributed by atoms with Gasteiger partial charge in [0, 0.05) is 51.7 Å². The SMILES string of the molecule is COCCCn1c(C2CCCN(C(=O)CC(Cc3ccc(-c4ccccc4)cc3)NC(=O)OC(C)(C)C)C2)nc2c(Cl)cccc21. The molecule has 9 heteroatoms. The number of fused-ring (bicyclic) bond motifs is 1. The molecule has 1 fully saturated rings. The maximum Gasteiger partial charge on any atom is 0.407 e. The van der Waals surface area contributed by atoms with Crippen molar-refractivity contribution in [3.8, 4) is 11.1 Å². The third-order valence-electron chi connectivity index (χ3n) is 8.31. The molecule has 5 rings (SSSR count). The monoisotopic (exact) mass is 644 g/mol. The van der Waals surface area contributed by atoms with Crippen molar-refractivity contribution in [2.24, 2.45) is 0 Å². The molecule has 2 heterocycles. The molecule has 2 amide bonds. The molecule has 1 aliphatic heterocycles. The minimum Gasteiger partial charge on any atom is -0.444 e. The van der Waals surface area contributed by atoms with Crippen molar-refractivity contribution in [3.63, 3.8) is 0 Å². The Morgan fingerprint density at radius 1 is 1.02 bits per heavy atom. The smallest absolute Gasteiger partial charge is 0.407 e. The van der Waals surface area contributed by atoms with Crippen molar-refractivity contribution in [1.82, 2.24) is 19.8 Å². The largest absolute Gasteiger partial charge is 0.444 e. The lowest BCUT2D eigenvalue weighted by atomic mass is 9.95. The van der Waals surface area contributed by atoms with Gasteiger partial charge in [-0.3, -0.25) is 4.79 Å². The number of para-hydroxylation sites is 1. The summed E-state index contributed by atoms with van der Waals surface area (Å²) < 4.78 is 13.1. The van der Waals surface area contributed by atoms with Gasteiger partial charge >= 0.3 is 6.09 Å². The van der Waals surface area contributed by atoms with E-state index in [9.17, 15) is 9.59 Å². The van der Waals surface area contributed by atoms with Gasteiger partial charge in [0.25, 0.3) is 0 Å². The summed E-state index contributed by atoms with van der Waals surface area (Å²) in [4.78, 5) is 33.7. The first-order valence-corrected chi connectivity index (χ1v) is 16.5. The Morgan fingerprint density at radius 3 is 2.48 bits per heavy atom. The number of rotatable bonds is 11. The molecular weight excluding hydrogens is 600 g/mol. The number of imidazole rings is 1. The van der Waals surface area contributed by atoms with Crippen LogP contribution in [0.1, 0.15) is 63.8 Å². The predicted molar refractivity (Wildman–Crippen MR) is 183 cm³/mol. The van der Waals surface area contributed by atoms with Gasteiger partial charge in [0.1, 0.15) is 16.9 Å². The van der Waals surface area contributed by atoms with E-state index in [1.807, 2.05) is 56.0 Å². The predicted octanol–water partition coefficient (Wildman–Crippen LogP) is 7.63. The van der Waals surface area contributed by atoms with E-state index in [-0.39, 0.29) is 18.2 Å². The number of piperidine rings is 1. The van der Waals surface area contributed by atoms with Gasteiger partial charge in [-0.1, -0.05) is 72.3 Å². The number of hydrogen-bond acceptors (Lipinski definition) is 5. The molecule has 1 aromatic heterocycles. The normalized spacial score (nSPS) is 15.9. The number of alkyl carbamates (subject to hydrolysis) is 1. The van der Waals surface area contributed by atoms with E-state index in [1.165, 1.54) is 0 Å². The highest BCUT2D eigenvalue weighted by Crippen LogP contribution is 2.32. The summed E-state index contributed by atoms with van der Waals surface area (Å²) in [6.45, 7) is 8.14. The van der Waals surface area contributed by atoms with Crippen molar-refractivity contribution in [2.75, 3.05) is 26.8 Å². The number of halogens is 1. The maximum atomic E-state index is 13.9. The number of carbonyl (C=O) groups is 2. The van der Waals surface area contributed by atoms with Crippen molar-refractivity contribution in [1.29, 1.82) is 0 Å². The van der Waals surface area contributed by atoms with Crippen LogP contribution in [0.4, 0.5) is 4.79 Å². The lowest BCUT2D eigenvalue weighted by molar-refractivity contribution is -0.132. The molecule has 244 valence electrons. The number of aromatic nitrogens is 2. The molecule has 2 atom stereocenters. The fraction of sp³-hybridized carbons (Fsp3) is 0.432. The first-order valence-electron chi connectivity index (χ1n) is 16.2. The highest BCUT2D eigenvalue weighted by atomic mass is 35.5. The number of amides is 2. The molecule has 1 aliphatic rings. The Morgan fingerprint density at radius 2 is 1.76 bits per heavy atom. The quantitative estimate of drug-likeness (QED) is 0.170. The van der Waals surface area contributed by atoms with E-state index < -0.39 is 17.7 Å². The highest BCUT2D eigenvalue weighted by molar-refractivity contribution is 6.34. The zero-order valence-electron chi connectivity index (χ0n) is 27.3. The van der Waals surface area contributed by atoms with Crippen molar-refractivity contribution >= 4 is 34.6 Å². The average molecular weight is 645 g/mol. The molecule has 0 aliphatic carbocycles. The third kappa shape index (κ3) is 8.68. The van der Waals surface area contributed by atoms with Gasteiger partial charge in [0.05, 0.1) is 10.5 Å². The van der Waals surface area contributed by atoms with Gasteiger partial charge in [0.2, 0.25) is 5.91 Å². The Kier molecular flexibility index (Phi) is 11.0. The molecular formula is C37H45ClN4O4. The molecule has 0 radical (unpaired) electrons. The first-order chi connectivity index (χ1) is 22.1. The van der Waals surface area contributed by atoms with Crippen LogP contribution in [0.3, 0.4) is 0 Å².